The molecule has 0 bridgehead atoms. The van der Waals surface area contributed by atoms with Crippen molar-refractivity contribution in [3.8, 4) is 0 Å². The average Bonchev–Trinajstić information content (AvgIpc) is 3.22. The van der Waals surface area contributed by atoms with Gasteiger partial charge in [-0.25, -0.2) is 10.4 Å². The van der Waals surface area contributed by atoms with E-state index in [4.69, 9.17) is 0 Å². The van der Waals surface area contributed by atoms with E-state index >= 15 is 0 Å². The molecule has 3 N–H and O–H groups in total. The van der Waals surface area contributed by atoms with Crippen LogP contribution in [0.1, 0.15) is 31.3 Å². The minimum atomic E-state index is -0.138. The average molecular weight is 327 g/mol. The van der Waals surface area contributed by atoms with Gasteiger partial charge in [0.1, 0.15) is 5.82 Å². The highest BCUT2D eigenvalue weighted by Crippen LogP contribution is 2.24. The predicted octanol–water partition coefficient (Wildman–Crippen LogP) is 1.62. The van der Waals surface area contributed by atoms with Crippen molar-refractivity contribution in [1.29, 1.82) is 0 Å². The molecule has 2 unspecified atom stereocenters. The fourth-order valence-corrected chi connectivity index (χ4v) is 3.08. The summed E-state index contributed by atoms with van der Waals surface area (Å²) in [4.78, 5) is 17.0. The third-order valence-electron chi connectivity index (χ3n) is 4.26. The summed E-state index contributed by atoms with van der Waals surface area (Å²) in [5.74, 6) is 1.34. The number of nitrogens with one attached hydrogen (secondary N) is 3. The lowest BCUT2D eigenvalue weighted by Gasteiger charge is -2.18. The van der Waals surface area contributed by atoms with Crippen molar-refractivity contribution in [2.24, 2.45) is 11.8 Å². The van der Waals surface area contributed by atoms with Crippen LogP contribution in [0.3, 0.4) is 0 Å². The van der Waals surface area contributed by atoms with E-state index in [0.717, 1.165) is 17.9 Å². The molecule has 24 heavy (non-hydrogen) atoms. The van der Waals surface area contributed by atoms with Crippen LogP contribution in [0.25, 0.3) is 0 Å². The van der Waals surface area contributed by atoms with Gasteiger partial charge in [-0.3, -0.25) is 10.2 Å². The van der Waals surface area contributed by atoms with Crippen molar-refractivity contribution < 1.29 is 4.79 Å². The Morgan fingerprint density at radius 2 is 2.17 bits per heavy atom. The first-order valence-electron chi connectivity index (χ1n) is 8.46. The number of carbonyl (C=O) groups excluding carboxylic acids is 1. The Morgan fingerprint density at radius 3 is 2.92 bits per heavy atom. The number of carbonyl (C=O) groups is 1. The van der Waals surface area contributed by atoms with Gasteiger partial charge in [0.2, 0.25) is 5.91 Å². The van der Waals surface area contributed by atoms with E-state index in [1.54, 1.807) is 6.20 Å². The summed E-state index contributed by atoms with van der Waals surface area (Å²) in [7, 11) is 0. The SMILES string of the molecule is CC(C)Cn1ccnc1CNC(=O)C1CNNC1c1ccccc1. The summed E-state index contributed by atoms with van der Waals surface area (Å²) in [6, 6.07) is 10.0. The molecule has 0 spiro atoms. The molecule has 1 aliphatic rings. The molecule has 6 nitrogen and oxygen atoms in total. The maximum Gasteiger partial charge on any atom is 0.226 e. The van der Waals surface area contributed by atoms with E-state index < -0.39 is 0 Å². The fraction of sp³-hybridized carbons (Fsp3) is 0.444. The Kier molecular flexibility index (Phi) is 5.27. The van der Waals surface area contributed by atoms with Crippen molar-refractivity contribution in [2.75, 3.05) is 6.54 Å². The van der Waals surface area contributed by atoms with Crippen LogP contribution >= 0.6 is 0 Å². The summed E-state index contributed by atoms with van der Waals surface area (Å²) in [6.07, 6.45) is 3.75. The van der Waals surface area contributed by atoms with E-state index in [9.17, 15) is 4.79 Å². The molecule has 1 aromatic heterocycles. The zero-order valence-electron chi connectivity index (χ0n) is 14.2. The molecular formula is C18H25N5O. The Labute approximate surface area is 142 Å². The van der Waals surface area contributed by atoms with Gasteiger partial charge in [0.05, 0.1) is 18.5 Å². The Balaban J connectivity index is 1.62. The second kappa shape index (κ2) is 7.59. The zero-order valence-corrected chi connectivity index (χ0v) is 14.2. The van der Waals surface area contributed by atoms with Gasteiger partial charge in [-0.05, 0) is 11.5 Å². The molecule has 128 valence electrons. The van der Waals surface area contributed by atoms with Crippen molar-refractivity contribution in [2.45, 2.75) is 33.0 Å². The molecule has 0 saturated carbocycles. The molecule has 1 aromatic carbocycles. The van der Waals surface area contributed by atoms with Gasteiger partial charge in [0.15, 0.2) is 0 Å². The summed E-state index contributed by atoms with van der Waals surface area (Å²) >= 11 is 0. The molecule has 0 aliphatic carbocycles. The lowest BCUT2D eigenvalue weighted by molar-refractivity contribution is -0.125. The Hall–Kier alpha value is -2.18. The molecule has 2 heterocycles. The summed E-state index contributed by atoms with van der Waals surface area (Å²) in [6.45, 7) is 6.32. The highest BCUT2D eigenvalue weighted by molar-refractivity contribution is 5.80. The smallest absolute Gasteiger partial charge is 0.226 e. The van der Waals surface area contributed by atoms with Crippen LogP contribution in [-0.4, -0.2) is 22.0 Å². The van der Waals surface area contributed by atoms with E-state index in [1.807, 2.05) is 36.5 Å². The first-order valence-corrected chi connectivity index (χ1v) is 8.46. The number of amides is 1. The van der Waals surface area contributed by atoms with Crippen LogP contribution in [0.5, 0.6) is 0 Å². The summed E-state index contributed by atoms with van der Waals surface area (Å²) in [5.41, 5.74) is 7.42. The fourth-order valence-electron chi connectivity index (χ4n) is 3.08. The van der Waals surface area contributed by atoms with E-state index in [1.165, 1.54) is 0 Å². The molecule has 1 saturated heterocycles. The van der Waals surface area contributed by atoms with E-state index in [2.05, 4.69) is 39.6 Å². The van der Waals surface area contributed by atoms with Crippen LogP contribution in [0.4, 0.5) is 0 Å². The van der Waals surface area contributed by atoms with Gasteiger partial charge in [0.25, 0.3) is 0 Å². The van der Waals surface area contributed by atoms with Gasteiger partial charge < -0.3 is 9.88 Å². The van der Waals surface area contributed by atoms with Crippen molar-refractivity contribution in [3.05, 3.63) is 54.1 Å². The zero-order chi connectivity index (χ0) is 16.9. The third kappa shape index (κ3) is 3.83. The quantitative estimate of drug-likeness (QED) is 0.754. The molecule has 0 radical (unpaired) electrons. The normalized spacial score (nSPS) is 20.5. The maximum absolute atomic E-state index is 12.6. The summed E-state index contributed by atoms with van der Waals surface area (Å²) in [5, 5.41) is 3.04. The Morgan fingerprint density at radius 1 is 1.38 bits per heavy atom. The third-order valence-corrected chi connectivity index (χ3v) is 4.26. The highest BCUT2D eigenvalue weighted by atomic mass is 16.2. The van der Waals surface area contributed by atoms with E-state index in [-0.39, 0.29) is 17.9 Å². The summed E-state index contributed by atoms with van der Waals surface area (Å²) < 4.78 is 2.10. The minimum absolute atomic E-state index is 0.0124. The molecule has 1 fully saturated rings. The molecule has 1 amide bonds. The largest absolute Gasteiger partial charge is 0.349 e. The van der Waals surface area contributed by atoms with Gasteiger partial charge in [-0.15, -0.1) is 0 Å². The second-order valence-corrected chi connectivity index (χ2v) is 6.63. The monoisotopic (exact) mass is 327 g/mol. The molecular weight excluding hydrogens is 302 g/mol. The maximum atomic E-state index is 12.6. The number of rotatable bonds is 6. The first kappa shape index (κ1) is 16.7. The Bertz CT molecular complexity index is 667. The van der Waals surface area contributed by atoms with Crippen LogP contribution in [0.15, 0.2) is 42.7 Å². The number of hydrogen-bond acceptors (Lipinski definition) is 4. The van der Waals surface area contributed by atoms with E-state index in [0.29, 0.717) is 19.0 Å². The first-order chi connectivity index (χ1) is 11.6. The number of hydrazine groups is 1. The van der Waals surface area contributed by atoms with Crippen molar-refractivity contribution in [3.63, 3.8) is 0 Å². The molecule has 3 rings (SSSR count). The number of hydrogen-bond donors (Lipinski definition) is 3. The van der Waals surface area contributed by atoms with Crippen molar-refractivity contribution >= 4 is 5.91 Å². The number of aromatic nitrogens is 2. The van der Waals surface area contributed by atoms with Gasteiger partial charge in [-0.1, -0.05) is 44.2 Å². The minimum Gasteiger partial charge on any atom is -0.349 e. The van der Waals surface area contributed by atoms with Crippen LogP contribution < -0.4 is 16.2 Å². The highest BCUT2D eigenvalue weighted by Gasteiger charge is 2.33. The molecule has 1 aliphatic heterocycles. The second-order valence-electron chi connectivity index (χ2n) is 6.63. The molecule has 6 heteroatoms. The molecule has 2 atom stereocenters. The van der Waals surface area contributed by atoms with Crippen LogP contribution in [0.2, 0.25) is 0 Å². The standard InChI is InChI=1S/C18H25N5O/c1-13(2)12-23-9-8-19-16(23)11-20-18(24)15-10-21-22-17(15)14-6-4-3-5-7-14/h3-9,13,15,17,21-22H,10-12H2,1-2H3,(H,20,24). The van der Waals surface area contributed by atoms with Gasteiger partial charge in [0, 0.05) is 25.5 Å². The van der Waals surface area contributed by atoms with Crippen LogP contribution in [-0.2, 0) is 17.9 Å². The van der Waals surface area contributed by atoms with Crippen LogP contribution in [0, 0.1) is 11.8 Å². The molecule has 2 aromatic rings. The van der Waals surface area contributed by atoms with Crippen molar-refractivity contribution in [1.82, 2.24) is 25.7 Å². The number of imidazole rings is 1. The van der Waals surface area contributed by atoms with Gasteiger partial charge in [-0.2, -0.15) is 0 Å². The predicted molar refractivity (Wildman–Crippen MR) is 92.7 cm³/mol. The lowest BCUT2D eigenvalue weighted by Crippen LogP contribution is -2.35. The lowest BCUT2D eigenvalue weighted by atomic mass is 9.94. The van der Waals surface area contributed by atoms with Gasteiger partial charge >= 0.3 is 0 Å². The topological polar surface area (TPSA) is 71.0 Å². The number of benzene rings is 1. The number of nitrogens with zero attached hydrogens (tertiary/aromatic N) is 2.